The van der Waals surface area contributed by atoms with Crippen LogP contribution >= 0.6 is 0 Å². The van der Waals surface area contributed by atoms with E-state index in [1.165, 1.54) is 4.68 Å². The van der Waals surface area contributed by atoms with Crippen LogP contribution < -0.4 is 5.32 Å². The zero-order chi connectivity index (χ0) is 18.4. The van der Waals surface area contributed by atoms with Crippen LogP contribution in [0.1, 0.15) is 38.6 Å². The average molecular weight is 343 g/mol. The molecule has 7 nitrogen and oxygen atoms in total. The van der Waals surface area contributed by atoms with Crippen molar-refractivity contribution in [3.63, 3.8) is 0 Å². The lowest BCUT2D eigenvalue weighted by molar-refractivity contribution is -0.116. The van der Waals surface area contributed by atoms with Crippen molar-refractivity contribution in [1.29, 1.82) is 0 Å². The molecule has 134 valence electrons. The zero-order valence-corrected chi connectivity index (χ0v) is 15.1. The van der Waals surface area contributed by atoms with Gasteiger partial charge >= 0.3 is 0 Å². The fraction of sp³-hybridized carbons (Fsp3) is 0.444. The van der Waals surface area contributed by atoms with Crippen LogP contribution in [0.4, 0.5) is 0 Å². The Kier molecular flexibility index (Phi) is 6.03. The molecule has 2 aromatic rings. The third-order valence-corrected chi connectivity index (χ3v) is 3.76. The highest BCUT2D eigenvalue weighted by molar-refractivity contribution is 6.18. The van der Waals surface area contributed by atoms with Gasteiger partial charge in [-0.2, -0.15) is 4.68 Å². The minimum atomic E-state index is -0.423. The number of carbonyl (C=O) groups is 1. The number of nitrogens with one attached hydrogen (secondary N) is 1. The van der Waals surface area contributed by atoms with E-state index in [9.17, 15) is 9.90 Å². The van der Waals surface area contributed by atoms with E-state index < -0.39 is 6.10 Å². The molecule has 25 heavy (non-hydrogen) atoms. The van der Waals surface area contributed by atoms with Gasteiger partial charge in [-0.25, -0.2) is 0 Å². The quantitative estimate of drug-likeness (QED) is 0.749. The first-order valence-electron chi connectivity index (χ1n) is 8.27. The topological polar surface area (TPSA) is 92.9 Å². The Morgan fingerprint density at radius 3 is 2.60 bits per heavy atom. The molecule has 0 saturated carbocycles. The van der Waals surface area contributed by atoms with Gasteiger partial charge in [-0.05, 0) is 47.7 Å². The minimum Gasteiger partial charge on any atom is -0.393 e. The van der Waals surface area contributed by atoms with E-state index in [-0.39, 0.29) is 11.3 Å². The van der Waals surface area contributed by atoms with Crippen molar-refractivity contribution in [3.05, 3.63) is 41.7 Å². The molecule has 0 fully saturated rings. The molecule has 2 rings (SSSR count). The summed E-state index contributed by atoms with van der Waals surface area (Å²) in [5, 5.41) is 23.9. The fourth-order valence-electron chi connectivity index (χ4n) is 2.67. The lowest BCUT2D eigenvalue weighted by atomic mass is 9.87. The summed E-state index contributed by atoms with van der Waals surface area (Å²) in [6, 6.07) is 9.53. The number of aliphatic hydroxyl groups is 1. The minimum absolute atomic E-state index is 0.225. The van der Waals surface area contributed by atoms with Gasteiger partial charge in [-0.1, -0.05) is 44.2 Å². The summed E-state index contributed by atoms with van der Waals surface area (Å²) in [6.45, 7) is 7.92. The molecule has 0 aliphatic carbocycles. The Labute approximate surface area is 147 Å². The van der Waals surface area contributed by atoms with Gasteiger partial charge in [0.1, 0.15) is 5.70 Å². The number of tetrazole rings is 1. The van der Waals surface area contributed by atoms with Gasteiger partial charge < -0.3 is 10.4 Å². The first-order valence-corrected chi connectivity index (χ1v) is 8.27. The first-order chi connectivity index (χ1) is 11.8. The van der Waals surface area contributed by atoms with E-state index in [2.05, 4.69) is 20.8 Å². The molecule has 0 aliphatic heterocycles. The first kappa shape index (κ1) is 18.8. The number of aromatic nitrogens is 4. The molecule has 2 N–H and O–H groups in total. The van der Waals surface area contributed by atoms with Crippen LogP contribution in [0.15, 0.2) is 30.3 Å². The van der Waals surface area contributed by atoms with Gasteiger partial charge in [0.15, 0.2) is 5.82 Å². The number of amides is 1. The molecule has 1 heterocycles. The summed E-state index contributed by atoms with van der Waals surface area (Å²) in [5.41, 5.74) is 1.00. The van der Waals surface area contributed by atoms with Crippen LogP contribution in [0.2, 0.25) is 0 Å². The summed E-state index contributed by atoms with van der Waals surface area (Å²) in [6.07, 6.45) is 1.92. The fourth-order valence-corrected chi connectivity index (χ4v) is 2.67. The lowest BCUT2D eigenvalue weighted by Gasteiger charge is -2.26. The predicted molar refractivity (Wildman–Crippen MR) is 96.3 cm³/mol. The van der Waals surface area contributed by atoms with Crippen LogP contribution in [-0.4, -0.2) is 43.9 Å². The second kappa shape index (κ2) is 8.02. The molecule has 1 aromatic carbocycles. The molecule has 0 radical (unpaired) electrons. The Balaban J connectivity index is 2.23. The SMILES string of the molecule is Cc1nnnn1C(=Cc1ccccc1)C(=O)NCC(C)(C)CC(C)O. The number of aliphatic hydroxyl groups excluding tert-OH is 1. The van der Waals surface area contributed by atoms with E-state index in [1.54, 1.807) is 19.9 Å². The molecule has 1 atom stereocenters. The van der Waals surface area contributed by atoms with Gasteiger partial charge in [0.2, 0.25) is 0 Å². The van der Waals surface area contributed by atoms with E-state index >= 15 is 0 Å². The predicted octanol–water partition coefficient (Wildman–Crippen LogP) is 1.89. The maximum absolute atomic E-state index is 12.8. The second-order valence-electron chi connectivity index (χ2n) is 6.98. The largest absolute Gasteiger partial charge is 0.393 e. The summed E-state index contributed by atoms with van der Waals surface area (Å²) < 4.78 is 1.42. The zero-order valence-electron chi connectivity index (χ0n) is 15.1. The molecule has 1 unspecified atom stereocenters. The summed E-state index contributed by atoms with van der Waals surface area (Å²) >= 11 is 0. The Morgan fingerprint density at radius 1 is 1.36 bits per heavy atom. The molecule has 1 aromatic heterocycles. The molecule has 0 bridgehead atoms. The smallest absolute Gasteiger partial charge is 0.270 e. The molecule has 0 saturated heterocycles. The van der Waals surface area contributed by atoms with Crippen molar-refractivity contribution in [2.45, 2.75) is 40.2 Å². The number of hydrogen-bond acceptors (Lipinski definition) is 5. The number of benzene rings is 1. The van der Waals surface area contributed by atoms with Crippen LogP contribution in [-0.2, 0) is 4.79 Å². The lowest BCUT2D eigenvalue weighted by Crippen LogP contribution is -2.37. The van der Waals surface area contributed by atoms with Crippen molar-refractivity contribution < 1.29 is 9.90 Å². The molecule has 7 heteroatoms. The second-order valence-corrected chi connectivity index (χ2v) is 6.98. The van der Waals surface area contributed by atoms with Gasteiger partial charge in [0.25, 0.3) is 5.91 Å². The Hall–Kier alpha value is -2.54. The number of nitrogens with zero attached hydrogens (tertiary/aromatic N) is 4. The highest BCUT2D eigenvalue weighted by Gasteiger charge is 2.23. The number of hydrogen-bond donors (Lipinski definition) is 2. The summed E-state index contributed by atoms with van der Waals surface area (Å²) in [7, 11) is 0. The average Bonchev–Trinajstić information content (AvgIpc) is 2.96. The molecular weight excluding hydrogens is 318 g/mol. The molecular formula is C18H25N5O2. The standard InChI is InChI=1S/C18H25N5O2/c1-13(24)11-18(3,4)12-19-17(25)16(23-14(2)20-21-22-23)10-15-8-6-5-7-9-15/h5-10,13,24H,11-12H2,1-4H3,(H,19,25). The van der Waals surface area contributed by atoms with Crippen LogP contribution in [0.25, 0.3) is 11.8 Å². The Morgan fingerprint density at radius 2 is 2.04 bits per heavy atom. The number of rotatable bonds is 7. The third kappa shape index (κ3) is 5.49. The maximum Gasteiger partial charge on any atom is 0.270 e. The summed E-state index contributed by atoms with van der Waals surface area (Å²) in [5.74, 6) is 0.262. The molecule has 0 aliphatic rings. The normalized spacial score (nSPS) is 13.6. The Bertz CT molecular complexity index is 735. The van der Waals surface area contributed by atoms with Gasteiger partial charge in [0, 0.05) is 6.54 Å². The highest BCUT2D eigenvalue weighted by atomic mass is 16.3. The van der Waals surface area contributed by atoms with E-state index in [1.807, 2.05) is 44.2 Å². The maximum atomic E-state index is 12.8. The van der Waals surface area contributed by atoms with E-state index in [4.69, 9.17) is 0 Å². The van der Waals surface area contributed by atoms with Crippen LogP contribution in [0, 0.1) is 12.3 Å². The number of carbonyl (C=O) groups excluding carboxylic acids is 1. The van der Waals surface area contributed by atoms with Crippen LogP contribution in [0.5, 0.6) is 0 Å². The van der Waals surface area contributed by atoms with Gasteiger partial charge in [0.05, 0.1) is 6.10 Å². The third-order valence-electron chi connectivity index (χ3n) is 3.76. The van der Waals surface area contributed by atoms with Crippen molar-refractivity contribution in [2.75, 3.05) is 6.54 Å². The van der Waals surface area contributed by atoms with Crippen molar-refractivity contribution in [1.82, 2.24) is 25.5 Å². The van der Waals surface area contributed by atoms with Crippen molar-refractivity contribution in [2.24, 2.45) is 5.41 Å². The molecule has 1 amide bonds. The monoisotopic (exact) mass is 343 g/mol. The van der Waals surface area contributed by atoms with Gasteiger partial charge in [-0.3, -0.25) is 4.79 Å². The van der Waals surface area contributed by atoms with Gasteiger partial charge in [-0.15, -0.1) is 5.10 Å². The van der Waals surface area contributed by atoms with E-state index in [0.717, 1.165) is 5.56 Å². The van der Waals surface area contributed by atoms with E-state index in [0.29, 0.717) is 24.5 Å². The summed E-state index contributed by atoms with van der Waals surface area (Å²) in [4.78, 5) is 12.8. The number of aryl methyl sites for hydroxylation is 1. The van der Waals surface area contributed by atoms with Crippen LogP contribution in [0.3, 0.4) is 0 Å². The highest BCUT2D eigenvalue weighted by Crippen LogP contribution is 2.21. The van der Waals surface area contributed by atoms with Crippen molar-refractivity contribution in [3.8, 4) is 0 Å². The van der Waals surface area contributed by atoms with Crippen molar-refractivity contribution >= 4 is 17.7 Å². The molecule has 0 spiro atoms.